The summed E-state index contributed by atoms with van der Waals surface area (Å²) in [4.78, 5) is 26.5. The lowest BCUT2D eigenvalue weighted by molar-refractivity contribution is 0.191. The summed E-state index contributed by atoms with van der Waals surface area (Å²) in [5.74, 6) is 0. The normalized spacial score (nSPS) is 16.0. The Morgan fingerprint density at radius 2 is 1.78 bits per heavy atom. The summed E-state index contributed by atoms with van der Waals surface area (Å²) in [6.45, 7) is 6.55. The van der Waals surface area contributed by atoms with Gasteiger partial charge in [-0.15, -0.1) is 0 Å². The molecule has 1 heterocycles. The maximum atomic E-state index is 11.7. The van der Waals surface area contributed by atoms with Crippen LogP contribution in [0.15, 0.2) is 10.2 Å². The van der Waals surface area contributed by atoms with Crippen molar-refractivity contribution in [1.82, 2.24) is 9.80 Å². The van der Waals surface area contributed by atoms with E-state index in [0.717, 1.165) is 38.8 Å². The standard InChI is InChI=1S/C12H22N4O2/c1-3-8-15(4-2)11(17)13-14-12(18)16-9-6-5-7-10-16/h3-10H2,1-2H3/b14-13+. The third-order valence-electron chi connectivity index (χ3n) is 2.99. The largest absolute Gasteiger partial charge is 0.362 e. The Morgan fingerprint density at radius 3 is 2.33 bits per heavy atom. The molecule has 1 saturated heterocycles. The van der Waals surface area contributed by atoms with Gasteiger partial charge in [-0.2, -0.15) is 0 Å². The Kier molecular flexibility index (Phi) is 6.32. The molecule has 0 radical (unpaired) electrons. The molecular weight excluding hydrogens is 232 g/mol. The Balaban J connectivity index is 2.46. The van der Waals surface area contributed by atoms with Gasteiger partial charge in [0, 0.05) is 26.2 Å². The number of rotatable bonds is 3. The van der Waals surface area contributed by atoms with E-state index in [9.17, 15) is 9.59 Å². The molecule has 0 aromatic rings. The molecule has 0 atom stereocenters. The summed E-state index contributed by atoms with van der Waals surface area (Å²) in [7, 11) is 0. The Bertz CT molecular complexity index is 292. The average molecular weight is 254 g/mol. The second kappa shape index (κ2) is 7.79. The lowest BCUT2D eigenvalue weighted by atomic mass is 10.1. The fraction of sp³-hybridized carbons (Fsp3) is 0.833. The molecule has 0 bridgehead atoms. The van der Waals surface area contributed by atoms with Gasteiger partial charge in [-0.25, -0.2) is 9.59 Å². The van der Waals surface area contributed by atoms with Crippen molar-refractivity contribution in [2.24, 2.45) is 10.2 Å². The molecule has 18 heavy (non-hydrogen) atoms. The van der Waals surface area contributed by atoms with Gasteiger partial charge in [0.05, 0.1) is 0 Å². The molecule has 1 aliphatic heterocycles. The first kappa shape index (κ1) is 14.6. The molecule has 1 fully saturated rings. The summed E-state index contributed by atoms with van der Waals surface area (Å²) < 4.78 is 0. The summed E-state index contributed by atoms with van der Waals surface area (Å²) >= 11 is 0. The first-order valence-electron chi connectivity index (χ1n) is 6.68. The van der Waals surface area contributed by atoms with Crippen LogP contribution in [0.4, 0.5) is 9.59 Å². The molecule has 1 rings (SSSR count). The predicted octanol–water partition coefficient (Wildman–Crippen LogP) is 2.90. The molecule has 102 valence electrons. The zero-order valence-electron chi connectivity index (χ0n) is 11.3. The van der Waals surface area contributed by atoms with Crippen molar-refractivity contribution < 1.29 is 9.59 Å². The number of nitrogens with zero attached hydrogens (tertiary/aromatic N) is 4. The summed E-state index contributed by atoms with van der Waals surface area (Å²) in [5.41, 5.74) is 0. The van der Waals surface area contributed by atoms with Crippen LogP contribution < -0.4 is 0 Å². The lowest BCUT2D eigenvalue weighted by Gasteiger charge is -2.24. The van der Waals surface area contributed by atoms with E-state index in [0.29, 0.717) is 13.1 Å². The quantitative estimate of drug-likeness (QED) is 0.727. The van der Waals surface area contributed by atoms with Crippen LogP contribution in [0.2, 0.25) is 0 Å². The van der Waals surface area contributed by atoms with Crippen LogP contribution in [0.5, 0.6) is 0 Å². The average Bonchev–Trinajstić information content (AvgIpc) is 2.42. The second-order valence-electron chi connectivity index (χ2n) is 4.39. The minimum Gasteiger partial charge on any atom is -0.322 e. The molecule has 6 heteroatoms. The van der Waals surface area contributed by atoms with Crippen molar-refractivity contribution in [3.63, 3.8) is 0 Å². The number of urea groups is 2. The van der Waals surface area contributed by atoms with Crippen LogP contribution in [0.1, 0.15) is 39.5 Å². The van der Waals surface area contributed by atoms with E-state index in [2.05, 4.69) is 10.2 Å². The second-order valence-corrected chi connectivity index (χ2v) is 4.39. The number of hydrogen-bond donors (Lipinski definition) is 0. The molecule has 0 aromatic heterocycles. The van der Waals surface area contributed by atoms with E-state index in [4.69, 9.17) is 0 Å². The molecule has 4 amide bonds. The van der Waals surface area contributed by atoms with E-state index in [1.165, 1.54) is 0 Å². The molecule has 0 spiro atoms. The highest BCUT2D eigenvalue weighted by atomic mass is 16.2. The van der Waals surface area contributed by atoms with Gasteiger partial charge in [-0.05, 0) is 32.6 Å². The van der Waals surface area contributed by atoms with E-state index < -0.39 is 12.1 Å². The van der Waals surface area contributed by atoms with Gasteiger partial charge in [-0.3, -0.25) is 0 Å². The maximum absolute atomic E-state index is 11.7. The van der Waals surface area contributed by atoms with Crippen LogP contribution in [0.3, 0.4) is 0 Å². The first-order chi connectivity index (χ1) is 8.69. The van der Waals surface area contributed by atoms with Crippen molar-refractivity contribution in [2.45, 2.75) is 39.5 Å². The zero-order chi connectivity index (χ0) is 13.4. The van der Waals surface area contributed by atoms with Gasteiger partial charge in [0.1, 0.15) is 0 Å². The van der Waals surface area contributed by atoms with E-state index >= 15 is 0 Å². The number of carbonyl (C=O) groups is 2. The van der Waals surface area contributed by atoms with Gasteiger partial charge < -0.3 is 9.80 Å². The molecule has 0 N–H and O–H groups in total. The molecule has 6 nitrogen and oxygen atoms in total. The van der Waals surface area contributed by atoms with Crippen LogP contribution in [0.25, 0.3) is 0 Å². The Labute approximate surface area is 108 Å². The highest BCUT2D eigenvalue weighted by Gasteiger charge is 2.17. The first-order valence-corrected chi connectivity index (χ1v) is 6.68. The molecule has 0 aliphatic carbocycles. The third-order valence-corrected chi connectivity index (χ3v) is 2.99. The lowest BCUT2D eigenvalue weighted by Crippen LogP contribution is -2.34. The SMILES string of the molecule is CCCN(CC)C(=O)/N=N/C(=O)N1CCCCC1. The smallest absolute Gasteiger partial charge is 0.322 e. The van der Waals surface area contributed by atoms with E-state index in [-0.39, 0.29) is 0 Å². The maximum Gasteiger partial charge on any atom is 0.362 e. The highest BCUT2D eigenvalue weighted by molar-refractivity contribution is 5.79. The predicted molar refractivity (Wildman–Crippen MR) is 68.6 cm³/mol. The molecule has 1 aliphatic rings. The number of carbonyl (C=O) groups excluding carboxylic acids is 2. The molecule has 0 aromatic carbocycles. The summed E-state index contributed by atoms with van der Waals surface area (Å²) in [6, 6.07) is -0.819. The number of amides is 4. The number of hydrogen-bond acceptors (Lipinski definition) is 2. The minimum atomic E-state index is -0.426. The van der Waals surface area contributed by atoms with Crippen LogP contribution in [-0.4, -0.2) is 48.0 Å². The fourth-order valence-corrected chi connectivity index (χ4v) is 1.96. The van der Waals surface area contributed by atoms with Gasteiger partial charge >= 0.3 is 12.1 Å². The number of azo groups is 1. The van der Waals surface area contributed by atoms with E-state index in [1.807, 2.05) is 13.8 Å². The van der Waals surface area contributed by atoms with E-state index in [1.54, 1.807) is 9.80 Å². The zero-order valence-corrected chi connectivity index (χ0v) is 11.3. The van der Waals surface area contributed by atoms with Crippen LogP contribution >= 0.6 is 0 Å². The fourth-order valence-electron chi connectivity index (χ4n) is 1.96. The van der Waals surface area contributed by atoms with Crippen molar-refractivity contribution in [3.8, 4) is 0 Å². The topological polar surface area (TPSA) is 65.3 Å². The molecule has 0 unspecified atom stereocenters. The van der Waals surface area contributed by atoms with Crippen LogP contribution in [0, 0.1) is 0 Å². The van der Waals surface area contributed by atoms with Crippen LogP contribution in [-0.2, 0) is 0 Å². The number of piperidine rings is 1. The van der Waals surface area contributed by atoms with Gasteiger partial charge in [0.25, 0.3) is 0 Å². The highest BCUT2D eigenvalue weighted by Crippen LogP contribution is 2.10. The molecular formula is C12H22N4O2. The van der Waals surface area contributed by atoms with Crippen molar-refractivity contribution in [3.05, 3.63) is 0 Å². The van der Waals surface area contributed by atoms with Gasteiger partial charge in [0.15, 0.2) is 0 Å². The number of likely N-dealkylation sites (tertiary alicyclic amines) is 1. The van der Waals surface area contributed by atoms with Crippen molar-refractivity contribution in [1.29, 1.82) is 0 Å². The Morgan fingerprint density at radius 1 is 1.11 bits per heavy atom. The van der Waals surface area contributed by atoms with Gasteiger partial charge in [0.2, 0.25) is 0 Å². The van der Waals surface area contributed by atoms with Crippen molar-refractivity contribution in [2.75, 3.05) is 26.2 Å². The Hall–Kier alpha value is -1.46. The molecule has 0 saturated carbocycles. The van der Waals surface area contributed by atoms with Crippen molar-refractivity contribution >= 4 is 12.1 Å². The summed E-state index contributed by atoms with van der Waals surface area (Å²) in [6.07, 6.45) is 4.04. The summed E-state index contributed by atoms with van der Waals surface area (Å²) in [5, 5.41) is 7.03. The minimum absolute atomic E-state index is 0.393. The van der Waals surface area contributed by atoms with Gasteiger partial charge in [-0.1, -0.05) is 17.2 Å². The third kappa shape index (κ3) is 4.43. The monoisotopic (exact) mass is 254 g/mol.